The fourth-order valence-corrected chi connectivity index (χ4v) is 3.92. The first-order chi connectivity index (χ1) is 18.4. The van der Waals surface area contributed by atoms with E-state index in [0.29, 0.717) is 11.1 Å². The number of aromatic hydroxyl groups is 2. The molecule has 4 atom stereocenters. The lowest BCUT2D eigenvalue weighted by Gasteiger charge is -2.26. The summed E-state index contributed by atoms with van der Waals surface area (Å²) >= 11 is 4.02. The Morgan fingerprint density at radius 2 is 1.13 bits per heavy atom. The maximum absolute atomic E-state index is 13.4. The highest BCUT2D eigenvalue weighted by Crippen LogP contribution is 2.14. The summed E-state index contributed by atoms with van der Waals surface area (Å²) in [7, 11) is 0. The molecule has 11 nitrogen and oxygen atoms in total. The van der Waals surface area contributed by atoms with E-state index in [1.165, 1.54) is 24.3 Å². The minimum atomic E-state index is -1.20. The lowest BCUT2D eigenvalue weighted by Crippen LogP contribution is -2.58. The molecule has 4 unspecified atom stereocenters. The zero-order chi connectivity index (χ0) is 29.1. The third-order valence-corrected chi connectivity index (χ3v) is 6.27. The van der Waals surface area contributed by atoms with E-state index in [0.717, 1.165) is 0 Å². The van der Waals surface area contributed by atoms with Gasteiger partial charge in [0.25, 0.3) is 0 Å². The van der Waals surface area contributed by atoms with Crippen LogP contribution in [0, 0.1) is 5.92 Å². The molecule has 0 aliphatic rings. The molecular formula is C27H36N4O7S. The fourth-order valence-electron chi connectivity index (χ4n) is 3.75. The molecule has 0 bridgehead atoms. The van der Waals surface area contributed by atoms with Gasteiger partial charge in [-0.25, -0.2) is 4.79 Å². The number of carbonyl (C=O) groups is 4. The van der Waals surface area contributed by atoms with Gasteiger partial charge < -0.3 is 37.0 Å². The van der Waals surface area contributed by atoms with E-state index in [2.05, 4.69) is 28.6 Å². The van der Waals surface area contributed by atoms with Crippen LogP contribution >= 0.6 is 12.6 Å². The molecule has 0 radical (unpaired) electrons. The van der Waals surface area contributed by atoms with Crippen LogP contribution in [0.1, 0.15) is 31.4 Å². The van der Waals surface area contributed by atoms with Crippen molar-refractivity contribution < 1.29 is 34.5 Å². The van der Waals surface area contributed by atoms with E-state index < -0.39 is 47.9 Å². The molecule has 0 aliphatic heterocycles. The number of aliphatic carboxylic acids is 1. The van der Waals surface area contributed by atoms with Crippen LogP contribution in [0.2, 0.25) is 0 Å². The molecule has 2 rings (SSSR count). The van der Waals surface area contributed by atoms with Gasteiger partial charge >= 0.3 is 5.97 Å². The van der Waals surface area contributed by atoms with E-state index in [9.17, 15) is 34.5 Å². The normalized spacial score (nSPS) is 14.1. The molecule has 8 N–H and O–H groups in total. The van der Waals surface area contributed by atoms with Crippen molar-refractivity contribution in [2.75, 3.05) is 5.75 Å². The van der Waals surface area contributed by atoms with Gasteiger partial charge in [0, 0.05) is 18.6 Å². The predicted molar refractivity (Wildman–Crippen MR) is 148 cm³/mol. The number of thiol groups is 1. The third kappa shape index (κ3) is 10.5. The topological polar surface area (TPSA) is 191 Å². The first-order valence-electron chi connectivity index (χ1n) is 12.5. The van der Waals surface area contributed by atoms with Crippen molar-refractivity contribution in [1.82, 2.24) is 16.0 Å². The predicted octanol–water partition coefficient (Wildman–Crippen LogP) is 0.725. The smallest absolute Gasteiger partial charge is 0.326 e. The van der Waals surface area contributed by atoms with Gasteiger partial charge in [-0.3, -0.25) is 14.4 Å². The summed E-state index contributed by atoms with van der Waals surface area (Å²) in [6.07, 6.45) is 0.194. The van der Waals surface area contributed by atoms with Crippen molar-refractivity contribution in [2.24, 2.45) is 11.7 Å². The van der Waals surface area contributed by atoms with Crippen LogP contribution in [0.3, 0.4) is 0 Å². The molecule has 12 heteroatoms. The van der Waals surface area contributed by atoms with Crippen LogP contribution in [-0.4, -0.2) is 68.9 Å². The number of carboxylic acids is 1. The van der Waals surface area contributed by atoms with Crippen molar-refractivity contribution in [3.8, 4) is 11.5 Å². The standard InChI is InChI=1S/C27H36N4O7S/c1-15(2)11-23(27(37)38)31-26(36)22(13-17-5-9-19(33)10-6-17)30-25(35)21(29-24(34)20(28)14-39)12-16-3-7-18(32)8-4-16/h3-10,15,20-23,32-33,39H,11-14,28H2,1-2H3,(H,29,34)(H,30,35)(H,31,36)(H,37,38). The van der Waals surface area contributed by atoms with Crippen molar-refractivity contribution in [3.63, 3.8) is 0 Å². The van der Waals surface area contributed by atoms with Gasteiger partial charge in [-0.05, 0) is 47.7 Å². The molecule has 0 saturated heterocycles. The quantitative estimate of drug-likeness (QED) is 0.155. The third-order valence-electron chi connectivity index (χ3n) is 5.87. The van der Waals surface area contributed by atoms with E-state index >= 15 is 0 Å². The van der Waals surface area contributed by atoms with Crippen LogP contribution in [0.25, 0.3) is 0 Å². The van der Waals surface area contributed by atoms with Crippen LogP contribution < -0.4 is 21.7 Å². The summed E-state index contributed by atoms with van der Waals surface area (Å²) in [6, 6.07) is 7.57. The number of phenols is 2. The average Bonchev–Trinajstić information content (AvgIpc) is 2.88. The Bertz CT molecular complexity index is 1130. The first-order valence-corrected chi connectivity index (χ1v) is 13.1. The van der Waals surface area contributed by atoms with Gasteiger partial charge in [0.15, 0.2) is 0 Å². The van der Waals surface area contributed by atoms with Crippen LogP contribution in [-0.2, 0) is 32.0 Å². The van der Waals surface area contributed by atoms with E-state index in [4.69, 9.17) is 5.73 Å². The molecule has 2 aromatic rings. The van der Waals surface area contributed by atoms with E-state index in [1.807, 2.05) is 13.8 Å². The number of phenolic OH excluding ortho intramolecular Hbond substituents is 2. The maximum Gasteiger partial charge on any atom is 0.326 e. The van der Waals surface area contributed by atoms with Crippen LogP contribution in [0.15, 0.2) is 48.5 Å². The SMILES string of the molecule is CC(C)CC(NC(=O)C(Cc1ccc(O)cc1)NC(=O)C(Cc1ccc(O)cc1)NC(=O)C(N)CS)C(=O)O. The van der Waals surface area contributed by atoms with Gasteiger partial charge in [-0.2, -0.15) is 12.6 Å². The summed E-state index contributed by atoms with van der Waals surface area (Å²) < 4.78 is 0. The molecule has 0 heterocycles. The Labute approximate surface area is 232 Å². The van der Waals surface area contributed by atoms with E-state index in [1.54, 1.807) is 24.3 Å². The summed E-state index contributed by atoms with van der Waals surface area (Å²) in [4.78, 5) is 51.0. The van der Waals surface area contributed by atoms with Gasteiger partial charge in [0.2, 0.25) is 17.7 Å². The highest BCUT2D eigenvalue weighted by molar-refractivity contribution is 7.80. The molecule has 0 saturated carbocycles. The number of benzene rings is 2. The van der Waals surface area contributed by atoms with Gasteiger partial charge in [-0.15, -0.1) is 0 Å². The Morgan fingerprint density at radius 1 is 0.744 bits per heavy atom. The van der Waals surface area contributed by atoms with Gasteiger partial charge in [0.05, 0.1) is 6.04 Å². The summed E-state index contributed by atoms with van der Waals surface area (Å²) in [5.41, 5.74) is 6.99. The lowest BCUT2D eigenvalue weighted by molar-refractivity contribution is -0.142. The molecule has 39 heavy (non-hydrogen) atoms. The number of amides is 3. The molecule has 3 amide bonds. The monoisotopic (exact) mass is 560 g/mol. The second-order valence-electron chi connectivity index (χ2n) is 9.68. The number of carbonyl (C=O) groups excluding carboxylic acids is 3. The zero-order valence-corrected chi connectivity index (χ0v) is 22.7. The Kier molecular flexibility index (Phi) is 12.1. The summed E-state index contributed by atoms with van der Waals surface area (Å²) in [5, 5.41) is 36.5. The highest BCUT2D eigenvalue weighted by Gasteiger charge is 2.31. The Morgan fingerprint density at radius 3 is 1.49 bits per heavy atom. The zero-order valence-electron chi connectivity index (χ0n) is 21.8. The number of rotatable bonds is 14. The van der Waals surface area contributed by atoms with Crippen molar-refractivity contribution >= 4 is 36.3 Å². The van der Waals surface area contributed by atoms with Gasteiger partial charge in [0.1, 0.15) is 29.6 Å². The summed E-state index contributed by atoms with van der Waals surface area (Å²) in [6.45, 7) is 3.65. The van der Waals surface area contributed by atoms with E-state index in [-0.39, 0.29) is 42.4 Å². The van der Waals surface area contributed by atoms with Crippen molar-refractivity contribution in [2.45, 2.75) is 57.3 Å². The largest absolute Gasteiger partial charge is 0.508 e. The molecule has 0 fully saturated rings. The summed E-state index contributed by atoms with van der Waals surface area (Å²) in [5.74, 6) is -3.17. The number of hydrogen-bond acceptors (Lipinski definition) is 8. The molecule has 0 spiro atoms. The maximum atomic E-state index is 13.4. The van der Waals surface area contributed by atoms with Crippen LogP contribution in [0.5, 0.6) is 11.5 Å². The Hall–Kier alpha value is -3.77. The molecule has 212 valence electrons. The molecule has 0 aliphatic carbocycles. The minimum Gasteiger partial charge on any atom is -0.508 e. The fraction of sp³-hybridized carbons (Fsp3) is 0.407. The number of nitrogens with one attached hydrogen (secondary N) is 3. The highest BCUT2D eigenvalue weighted by atomic mass is 32.1. The molecular weight excluding hydrogens is 524 g/mol. The van der Waals surface area contributed by atoms with Gasteiger partial charge in [-0.1, -0.05) is 38.1 Å². The molecule has 0 aromatic heterocycles. The average molecular weight is 561 g/mol. The minimum absolute atomic E-state index is 0.0120. The number of hydrogen-bond donors (Lipinski definition) is 8. The second kappa shape index (κ2) is 15.0. The van der Waals surface area contributed by atoms with Crippen LogP contribution in [0.4, 0.5) is 0 Å². The number of carboxylic acid groups (broad SMARTS) is 1. The number of nitrogens with two attached hydrogens (primary N) is 1. The lowest BCUT2D eigenvalue weighted by atomic mass is 10.0. The molecule has 2 aromatic carbocycles. The second-order valence-corrected chi connectivity index (χ2v) is 10.0. The van der Waals surface area contributed by atoms with Crippen molar-refractivity contribution in [1.29, 1.82) is 0 Å². The Balaban J connectivity index is 2.33. The first kappa shape index (κ1) is 31.4. The van der Waals surface area contributed by atoms with Crippen molar-refractivity contribution in [3.05, 3.63) is 59.7 Å².